The molecule has 1 aromatic carbocycles. The van der Waals surface area contributed by atoms with Crippen LogP contribution in [0.3, 0.4) is 0 Å². The van der Waals surface area contributed by atoms with Crippen LogP contribution in [0, 0.1) is 5.82 Å². The maximum atomic E-state index is 13.9. The quantitative estimate of drug-likeness (QED) is 0.810. The Morgan fingerprint density at radius 3 is 2.38 bits per heavy atom. The summed E-state index contributed by atoms with van der Waals surface area (Å²) in [5.74, 6) is 0.121. The summed E-state index contributed by atoms with van der Waals surface area (Å²) >= 11 is 0. The van der Waals surface area contributed by atoms with E-state index in [1.165, 1.54) is 0 Å². The smallest absolute Gasteiger partial charge is 0.127 e. The molecule has 1 aliphatic carbocycles. The van der Waals surface area contributed by atoms with Crippen LogP contribution in [0.1, 0.15) is 56.6 Å². The second kappa shape index (κ2) is 4.17. The Morgan fingerprint density at radius 2 is 1.88 bits per heavy atom. The topological polar surface area (TPSA) is 26.0 Å². The highest BCUT2D eigenvalue weighted by molar-refractivity contribution is 5.31. The molecule has 0 unspecified atom stereocenters. The highest BCUT2D eigenvalue weighted by Crippen LogP contribution is 2.37. The molecule has 2 N–H and O–H groups in total. The van der Waals surface area contributed by atoms with E-state index in [4.69, 9.17) is 5.73 Å². The fourth-order valence-corrected chi connectivity index (χ4v) is 2.60. The molecule has 2 heteroatoms. The Labute approximate surface area is 96.9 Å². The molecule has 0 bridgehead atoms. The lowest BCUT2D eigenvalue weighted by molar-refractivity contribution is 0.456. The summed E-state index contributed by atoms with van der Waals surface area (Å²) in [5, 5.41) is 0. The third-order valence-corrected chi connectivity index (χ3v) is 3.69. The molecule has 2 rings (SSSR count). The number of hydrogen-bond donors (Lipinski definition) is 1. The van der Waals surface area contributed by atoms with Crippen LogP contribution in [0.25, 0.3) is 0 Å². The predicted octanol–water partition coefficient (Wildman–Crippen LogP) is 3.68. The molecule has 0 radical (unpaired) electrons. The molecular weight excluding hydrogens is 201 g/mol. The van der Waals surface area contributed by atoms with Gasteiger partial charge in [-0.1, -0.05) is 38.8 Å². The minimum absolute atomic E-state index is 0.107. The molecule has 0 saturated heterocycles. The van der Waals surface area contributed by atoms with Crippen LogP contribution in [0.15, 0.2) is 18.2 Å². The summed E-state index contributed by atoms with van der Waals surface area (Å²) < 4.78 is 13.9. The van der Waals surface area contributed by atoms with Gasteiger partial charge in [-0.25, -0.2) is 4.39 Å². The Kier molecular flexibility index (Phi) is 3.02. The molecule has 88 valence electrons. The van der Waals surface area contributed by atoms with Gasteiger partial charge in [-0.05, 0) is 36.0 Å². The number of nitrogens with two attached hydrogens (primary N) is 1. The van der Waals surface area contributed by atoms with E-state index in [9.17, 15) is 4.39 Å². The van der Waals surface area contributed by atoms with Crippen molar-refractivity contribution in [2.24, 2.45) is 5.73 Å². The number of halogens is 1. The largest absolute Gasteiger partial charge is 0.321 e. The van der Waals surface area contributed by atoms with Gasteiger partial charge < -0.3 is 5.73 Å². The molecule has 1 aliphatic rings. The first-order chi connectivity index (χ1) is 7.53. The number of benzene rings is 1. The van der Waals surface area contributed by atoms with Crippen molar-refractivity contribution in [2.45, 2.75) is 51.0 Å². The first-order valence-corrected chi connectivity index (χ1v) is 6.12. The van der Waals surface area contributed by atoms with Crippen LogP contribution in [0.2, 0.25) is 0 Å². The van der Waals surface area contributed by atoms with Crippen molar-refractivity contribution in [3.8, 4) is 0 Å². The molecule has 0 aliphatic heterocycles. The van der Waals surface area contributed by atoms with Crippen molar-refractivity contribution in [3.63, 3.8) is 0 Å². The fourth-order valence-electron chi connectivity index (χ4n) is 2.60. The second-order valence-electron chi connectivity index (χ2n) is 5.25. The van der Waals surface area contributed by atoms with Gasteiger partial charge in [0.25, 0.3) is 0 Å². The van der Waals surface area contributed by atoms with Crippen molar-refractivity contribution in [1.29, 1.82) is 0 Å². The fraction of sp³-hybridized carbons (Fsp3) is 0.571. The molecule has 1 aromatic rings. The Hall–Kier alpha value is -0.890. The zero-order chi connectivity index (χ0) is 11.8. The maximum absolute atomic E-state index is 13.9. The van der Waals surface area contributed by atoms with Crippen LogP contribution < -0.4 is 5.73 Å². The van der Waals surface area contributed by atoms with Gasteiger partial charge in [-0.15, -0.1) is 0 Å². The van der Waals surface area contributed by atoms with Crippen molar-refractivity contribution < 1.29 is 4.39 Å². The van der Waals surface area contributed by atoms with E-state index >= 15 is 0 Å². The molecule has 0 spiro atoms. The average molecular weight is 221 g/mol. The lowest BCUT2D eigenvalue weighted by atomic mass is 9.87. The molecule has 0 atom stereocenters. The first-order valence-electron chi connectivity index (χ1n) is 6.12. The maximum Gasteiger partial charge on any atom is 0.127 e. The highest BCUT2D eigenvalue weighted by Gasteiger charge is 2.31. The Bertz CT molecular complexity index is 378. The summed E-state index contributed by atoms with van der Waals surface area (Å²) in [7, 11) is 0. The monoisotopic (exact) mass is 221 g/mol. The number of rotatable bonds is 2. The third-order valence-electron chi connectivity index (χ3n) is 3.69. The van der Waals surface area contributed by atoms with Crippen LogP contribution >= 0.6 is 0 Å². The van der Waals surface area contributed by atoms with Gasteiger partial charge in [0.15, 0.2) is 0 Å². The highest BCUT2D eigenvalue weighted by atomic mass is 19.1. The molecule has 0 aromatic heterocycles. The molecule has 0 heterocycles. The molecule has 16 heavy (non-hydrogen) atoms. The molecule has 0 amide bonds. The van der Waals surface area contributed by atoms with Gasteiger partial charge >= 0.3 is 0 Å². The van der Waals surface area contributed by atoms with Crippen LogP contribution in [0.5, 0.6) is 0 Å². The van der Waals surface area contributed by atoms with Gasteiger partial charge in [0.1, 0.15) is 5.82 Å². The molecule has 1 fully saturated rings. The minimum atomic E-state index is -0.281. The van der Waals surface area contributed by atoms with Crippen LogP contribution in [-0.4, -0.2) is 0 Å². The van der Waals surface area contributed by atoms with E-state index in [1.807, 2.05) is 26.0 Å². The zero-order valence-electron chi connectivity index (χ0n) is 10.1. The predicted molar refractivity (Wildman–Crippen MR) is 64.8 cm³/mol. The van der Waals surface area contributed by atoms with E-state index in [-0.39, 0.29) is 17.3 Å². The third kappa shape index (κ3) is 1.99. The standard InChI is InChI=1S/C14H20FN/c1-10(2)12-6-5-11(9-13(12)15)14(16)7-3-4-8-14/h5-6,9-10H,3-4,7-8,16H2,1-2H3. The van der Waals surface area contributed by atoms with E-state index in [0.29, 0.717) is 0 Å². The Balaban J connectivity index is 2.34. The van der Waals surface area contributed by atoms with Crippen LogP contribution in [-0.2, 0) is 5.54 Å². The summed E-state index contributed by atoms with van der Waals surface area (Å²) in [4.78, 5) is 0. The van der Waals surface area contributed by atoms with E-state index < -0.39 is 0 Å². The first kappa shape index (κ1) is 11.6. The van der Waals surface area contributed by atoms with Crippen molar-refractivity contribution in [2.75, 3.05) is 0 Å². The van der Waals surface area contributed by atoms with Gasteiger partial charge in [0, 0.05) is 5.54 Å². The number of hydrogen-bond acceptors (Lipinski definition) is 1. The molecular formula is C14H20FN. The lowest BCUT2D eigenvalue weighted by Crippen LogP contribution is -2.33. The summed E-state index contributed by atoms with van der Waals surface area (Å²) in [6.45, 7) is 4.01. The van der Waals surface area contributed by atoms with Gasteiger partial charge in [-0.3, -0.25) is 0 Å². The summed E-state index contributed by atoms with van der Waals surface area (Å²) in [6.07, 6.45) is 4.27. The molecule has 1 nitrogen and oxygen atoms in total. The van der Waals surface area contributed by atoms with Crippen molar-refractivity contribution in [1.82, 2.24) is 0 Å². The van der Waals surface area contributed by atoms with Crippen molar-refractivity contribution >= 4 is 0 Å². The Morgan fingerprint density at radius 1 is 1.25 bits per heavy atom. The SMILES string of the molecule is CC(C)c1ccc(C2(N)CCCC2)cc1F. The van der Waals surface area contributed by atoms with E-state index in [2.05, 4.69) is 0 Å². The summed E-state index contributed by atoms with van der Waals surface area (Å²) in [5.41, 5.74) is 7.77. The van der Waals surface area contributed by atoms with Gasteiger partial charge in [0.05, 0.1) is 0 Å². The van der Waals surface area contributed by atoms with Gasteiger partial charge in [-0.2, -0.15) is 0 Å². The lowest BCUT2D eigenvalue weighted by Gasteiger charge is -2.25. The average Bonchev–Trinajstić information content (AvgIpc) is 2.66. The zero-order valence-corrected chi connectivity index (χ0v) is 10.1. The summed E-state index contributed by atoms with van der Waals surface area (Å²) in [6, 6.07) is 5.53. The van der Waals surface area contributed by atoms with E-state index in [1.54, 1.807) is 6.07 Å². The second-order valence-corrected chi connectivity index (χ2v) is 5.25. The normalized spacial score (nSPS) is 19.3. The minimum Gasteiger partial charge on any atom is -0.321 e. The van der Waals surface area contributed by atoms with E-state index in [0.717, 1.165) is 36.8 Å². The van der Waals surface area contributed by atoms with Crippen molar-refractivity contribution in [3.05, 3.63) is 35.1 Å². The molecule has 1 saturated carbocycles. The van der Waals surface area contributed by atoms with Gasteiger partial charge in [0.2, 0.25) is 0 Å². The van der Waals surface area contributed by atoms with Crippen LogP contribution in [0.4, 0.5) is 4.39 Å².